The molecule has 2 rings (SSSR count). The van der Waals surface area contributed by atoms with Crippen LogP contribution in [-0.2, 0) is 4.74 Å². The van der Waals surface area contributed by atoms with Crippen LogP contribution in [0.4, 0.5) is 0 Å². The lowest BCUT2D eigenvalue weighted by molar-refractivity contribution is 0.0835. The van der Waals surface area contributed by atoms with Crippen molar-refractivity contribution >= 4 is 0 Å². The highest BCUT2D eigenvalue weighted by Gasteiger charge is 2.52. The van der Waals surface area contributed by atoms with Gasteiger partial charge < -0.3 is 10.5 Å². The van der Waals surface area contributed by atoms with Crippen molar-refractivity contribution in [2.45, 2.75) is 30.9 Å². The van der Waals surface area contributed by atoms with E-state index < -0.39 is 0 Å². The topological polar surface area (TPSA) is 35.2 Å². The molecule has 46 valence electrons. The molecule has 0 aromatic carbocycles. The molecule has 1 heterocycles. The van der Waals surface area contributed by atoms with Gasteiger partial charge in [-0.1, -0.05) is 0 Å². The van der Waals surface area contributed by atoms with E-state index >= 15 is 0 Å². The summed E-state index contributed by atoms with van der Waals surface area (Å²) in [6, 6.07) is 0.350. The molecule has 8 heavy (non-hydrogen) atoms. The quantitative estimate of drug-likeness (QED) is 0.489. The molecular formula is C6H11NO. The Hall–Kier alpha value is -0.0800. The second-order valence-corrected chi connectivity index (χ2v) is 2.81. The molecule has 2 nitrogen and oxygen atoms in total. The van der Waals surface area contributed by atoms with E-state index in [1.165, 1.54) is 12.8 Å². The molecule has 1 spiro atoms. The van der Waals surface area contributed by atoms with E-state index in [-0.39, 0.29) is 5.60 Å². The first kappa shape index (κ1) is 4.77. The van der Waals surface area contributed by atoms with Gasteiger partial charge in [0, 0.05) is 12.6 Å². The number of rotatable bonds is 0. The number of hydrogen-bond acceptors (Lipinski definition) is 2. The first-order chi connectivity index (χ1) is 3.83. The molecule has 0 aromatic rings. The maximum absolute atomic E-state index is 5.75. The first-order valence-electron chi connectivity index (χ1n) is 3.23. The predicted molar refractivity (Wildman–Crippen MR) is 30.5 cm³/mol. The maximum atomic E-state index is 5.75. The highest BCUT2D eigenvalue weighted by molar-refractivity contribution is 5.06. The van der Waals surface area contributed by atoms with Crippen molar-refractivity contribution < 1.29 is 4.74 Å². The summed E-state index contributed by atoms with van der Waals surface area (Å²) < 4.78 is 5.44. The number of hydrogen-bond donors (Lipinski definition) is 1. The minimum atomic E-state index is 0.181. The molecule has 0 amide bonds. The van der Waals surface area contributed by atoms with E-state index in [0.29, 0.717) is 6.04 Å². The van der Waals surface area contributed by atoms with Crippen molar-refractivity contribution in [3.8, 4) is 0 Å². The summed E-state index contributed by atoms with van der Waals surface area (Å²) in [7, 11) is 0. The summed E-state index contributed by atoms with van der Waals surface area (Å²) in [5, 5.41) is 0. The summed E-state index contributed by atoms with van der Waals surface area (Å²) in [5.41, 5.74) is 5.93. The number of ether oxygens (including phenoxy) is 1. The Morgan fingerprint density at radius 2 is 2.25 bits per heavy atom. The van der Waals surface area contributed by atoms with Gasteiger partial charge in [-0.2, -0.15) is 0 Å². The fourth-order valence-corrected chi connectivity index (χ4v) is 1.40. The van der Waals surface area contributed by atoms with Gasteiger partial charge in [-0.15, -0.1) is 0 Å². The van der Waals surface area contributed by atoms with Gasteiger partial charge in [-0.3, -0.25) is 0 Å². The third-order valence-electron chi connectivity index (χ3n) is 2.24. The van der Waals surface area contributed by atoms with Gasteiger partial charge in [0.15, 0.2) is 0 Å². The van der Waals surface area contributed by atoms with Crippen LogP contribution in [0.25, 0.3) is 0 Å². The van der Waals surface area contributed by atoms with Crippen LogP contribution in [0.2, 0.25) is 0 Å². The zero-order valence-electron chi connectivity index (χ0n) is 4.89. The zero-order chi connectivity index (χ0) is 5.61. The monoisotopic (exact) mass is 113 g/mol. The molecule has 1 atom stereocenters. The standard InChI is InChI=1S/C6H11NO/c7-5-1-4-8-6(5)2-3-6/h5H,1-4,7H2/t5-/m0/s1. The molecule has 0 unspecified atom stereocenters. The molecule has 1 aliphatic heterocycles. The largest absolute Gasteiger partial charge is 0.373 e. The Balaban J connectivity index is 2.12. The van der Waals surface area contributed by atoms with Crippen LogP contribution in [0.1, 0.15) is 19.3 Å². The summed E-state index contributed by atoms with van der Waals surface area (Å²) >= 11 is 0. The van der Waals surface area contributed by atoms with Gasteiger partial charge in [-0.25, -0.2) is 0 Å². The van der Waals surface area contributed by atoms with Gasteiger partial charge in [0.1, 0.15) is 0 Å². The molecule has 0 bridgehead atoms. The van der Waals surface area contributed by atoms with Crippen LogP contribution in [0.15, 0.2) is 0 Å². The fourth-order valence-electron chi connectivity index (χ4n) is 1.40. The van der Waals surface area contributed by atoms with Crippen molar-refractivity contribution in [1.29, 1.82) is 0 Å². The molecule has 1 aliphatic carbocycles. The van der Waals surface area contributed by atoms with Crippen LogP contribution in [-0.4, -0.2) is 18.2 Å². The van der Waals surface area contributed by atoms with Crippen molar-refractivity contribution in [3.63, 3.8) is 0 Å². The highest BCUT2D eigenvalue weighted by atomic mass is 16.5. The third kappa shape index (κ3) is 0.446. The third-order valence-corrected chi connectivity index (χ3v) is 2.24. The Morgan fingerprint density at radius 3 is 2.50 bits per heavy atom. The average Bonchev–Trinajstić information content (AvgIpc) is 2.39. The summed E-state index contributed by atoms with van der Waals surface area (Å²) in [6.45, 7) is 0.890. The Kier molecular flexibility index (Phi) is 0.746. The van der Waals surface area contributed by atoms with E-state index in [9.17, 15) is 0 Å². The fraction of sp³-hybridized carbons (Fsp3) is 1.00. The van der Waals surface area contributed by atoms with Crippen LogP contribution in [0.3, 0.4) is 0 Å². The van der Waals surface area contributed by atoms with Crippen LogP contribution < -0.4 is 5.73 Å². The summed E-state index contributed by atoms with van der Waals surface area (Å²) in [5.74, 6) is 0. The van der Waals surface area contributed by atoms with E-state index in [1.807, 2.05) is 0 Å². The van der Waals surface area contributed by atoms with Gasteiger partial charge in [0.2, 0.25) is 0 Å². The minimum absolute atomic E-state index is 0.181. The SMILES string of the molecule is N[C@H]1CCOC12CC2. The highest BCUT2D eigenvalue weighted by Crippen LogP contribution is 2.46. The molecule has 2 fully saturated rings. The Morgan fingerprint density at radius 1 is 1.50 bits per heavy atom. The lowest BCUT2D eigenvalue weighted by Gasteiger charge is -2.09. The Bertz CT molecular complexity index is 109. The second kappa shape index (κ2) is 1.25. The molecule has 2 N–H and O–H groups in total. The molecular weight excluding hydrogens is 102 g/mol. The molecule has 1 saturated carbocycles. The molecule has 1 saturated heterocycles. The summed E-state index contributed by atoms with van der Waals surface area (Å²) in [4.78, 5) is 0. The predicted octanol–water partition coefficient (Wildman–Crippen LogP) is 0.267. The summed E-state index contributed by atoms with van der Waals surface area (Å²) in [6.07, 6.45) is 3.47. The zero-order valence-corrected chi connectivity index (χ0v) is 4.89. The molecule has 2 heteroatoms. The van der Waals surface area contributed by atoms with Gasteiger partial charge in [-0.05, 0) is 19.3 Å². The van der Waals surface area contributed by atoms with Crippen molar-refractivity contribution in [2.24, 2.45) is 5.73 Å². The lowest BCUT2D eigenvalue weighted by atomic mass is 10.1. The average molecular weight is 113 g/mol. The molecule has 0 aromatic heterocycles. The van der Waals surface area contributed by atoms with Gasteiger partial charge >= 0.3 is 0 Å². The van der Waals surface area contributed by atoms with E-state index in [2.05, 4.69) is 0 Å². The van der Waals surface area contributed by atoms with E-state index in [1.54, 1.807) is 0 Å². The minimum Gasteiger partial charge on any atom is -0.373 e. The smallest absolute Gasteiger partial charge is 0.0835 e. The van der Waals surface area contributed by atoms with E-state index in [0.717, 1.165) is 13.0 Å². The molecule has 2 aliphatic rings. The normalized spacial score (nSPS) is 40.9. The van der Waals surface area contributed by atoms with Crippen molar-refractivity contribution in [2.75, 3.05) is 6.61 Å². The van der Waals surface area contributed by atoms with Crippen LogP contribution >= 0.6 is 0 Å². The van der Waals surface area contributed by atoms with Gasteiger partial charge in [0.25, 0.3) is 0 Å². The van der Waals surface area contributed by atoms with Crippen LogP contribution in [0.5, 0.6) is 0 Å². The van der Waals surface area contributed by atoms with Crippen molar-refractivity contribution in [1.82, 2.24) is 0 Å². The second-order valence-electron chi connectivity index (χ2n) is 2.81. The number of nitrogens with two attached hydrogens (primary N) is 1. The molecule has 0 radical (unpaired) electrons. The lowest BCUT2D eigenvalue weighted by Crippen LogP contribution is -2.31. The van der Waals surface area contributed by atoms with Gasteiger partial charge in [0.05, 0.1) is 5.60 Å². The first-order valence-corrected chi connectivity index (χ1v) is 3.23. The van der Waals surface area contributed by atoms with E-state index in [4.69, 9.17) is 10.5 Å². The van der Waals surface area contributed by atoms with Crippen molar-refractivity contribution in [3.05, 3.63) is 0 Å². The Labute approximate surface area is 49.0 Å². The maximum Gasteiger partial charge on any atom is 0.0835 e. The van der Waals surface area contributed by atoms with Crippen LogP contribution in [0, 0.1) is 0 Å².